The van der Waals surface area contributed by atoms with Gasteiger partial charge in [0.25, 0.3) is 11.7 Å². The average Bonchev–Trinajstić information content (AvgIpc) is 3.20. The number of rotatable bonds is 9. The number of aliphatic hydroxyl groups excluding tert-OH is 1. The van der Waals surface area contributed by atoms with Crippen molar-refractivity contribution in [1.29, 1.82) is 0 Å². The standard InChI is InChI=1S/C30H30ClNO7/c1-6-38-19-12-13-20(24(16-19)39-7-2)28(33)26-27(18-11-14-23(36-4)25(15-18)37-5)32(30(35)29(26)34)22-10-8-9-21(31)17(22)3/h8-16,27,33H,6-7H2,1-5H3/b28-26+. The fourth-order valence-electron chi connectivity index (χ4n) is 4.65. The fourth-order valence-corrected chi connectivity index (χ4v) is 4.82. The van der Waals surface area contributed by atoms with E-state index in [4.69, 9.17) is 30.5 Å². The lowest BCUT2D eigenvalue weighted by Gasteiger charge is -2.27. The molecule has 8 nitrogen and oxygen atoms in total. The summed E-state index contributed by atoms with van der Waals surface area (Å²) >= 11 is 6.40. The minimum Gasteiger partial charge on any atom is -0.507 e. The van der Waals surface area contributed by atoms with Gasteiger partial charge in [-0.2, -0.15) is 0 Å². The SMILES string of the molecule is CCOc1ccc(/C(O)=C2\C(=O)C(=O)N(c3cccc(Cl)c3C)C2c2ccc(OC)c(OC)c2)c(OCC)c1. The number of anilines is 1. The maximum absolute atomic E-state index is 13.6. The maximum atomic E-state index is 13.6. The monoisotopic (exact) mass is 551 g/mol. The van der Waals surface area contributed by atoms with Crippen LogP contribution in [-0.4, -0.2) is 44.2 Å². The molecule has 0 radical (unpaired) electrons. The summed E-state index contributed by atoms with van der Waals surface area (Å²) in [7, 11) is 3.01. The van der Waals surface area contributed by atoms with Gasteiger partial charge in [-0.25, -0.2) is 0 Å². The Morgan fingerprint density at radius 1 is 0.923 bits per heavy atom. The topological polar surface area (TPSA) is 94.5 Å². The molecular formula is C30H30ClNO7. The molecule has 39 heavy (non-hydrogen) atoms. The number of Topliss-reactive ketones (excluding diaryl/α,β-unsaturated/α-hetero) is 1. The van der Waals surface area contributed by atoms with Gasteiger partial charge in [0.1, 0.15) is 17.3 Å². The van der Waals surface area contributed by atoms with Gasteiger partial charge in [0, 0.05) is 16.8 Å². The first-order valence-corrected chi connectivity index (χ1v) is 12.8. The van der Waals surface area contributed by atoms with Crippen molar-refractivity contribution in [2.24, 2.45) is 0 Å². The number of carbonyl (C=O) groups is 2. The Balaban J connectivity index is 2.01. The molecule has 4 rings (SSSR count). The van der Waals surface area contributed by atoms with Gasteiger partial charge in [0.05, 0.1) is 44.6 Å². The third-order valence-electron chi connectivity index (χ3n) is 6.49. The van der Waals surface area contributed by atoms with E-state index in [-0.39, 0.29) is 16.9 Å². The number of hydrogen-bond donors (Lipinski definition) is 1. The number of benzene rings is 3. The van der Waals surface area contributed by atoms with Crippen LogP contribution >= 0.6 is 11.6 Å². The zero-order valence-electron chi connectivity index (χ0n) is 22.4. The van der Waals surface area contributed by atoms with Gasteiger partial charge in [-0.15, -0.1) is 0 Å². The molecule has 9 heteroatoms. The van der Waals surface area contributed by atoms with E-state index in [1.807, 2.05) is 13.8 Å². The van der Waals surface area contributed by atoms with Crippen molar-refractivity contribution in [3.8, 4) is 23.0 Å². The summed E-state index contributed by atoms with van der Waals surface area (Å²) < 4.78 is 22.2. The number of nitrogens with zero attached hydrogens (tertiary/aromatic N) is 1. The molecule has 1 saturated heterocycles. The van der Waals surface area contributed by atoms with Crippen molar-refractivity contribution in [1.82, 2.24) is 0 Å². The summed E-state index contributed by atoms with van der Waals surface area (Å²) in [6, 6.07) is 14.1. The Bertz CT molecular complexity index is 1450. The summed E-state index contributed by atoms with van der Waals surface area (Å²) in [5.41, 5.74) is 1.74. The summed E-state index contributed by atoms with van der Waals surface area (Å²) in [6.07, 6.45) is 0. The summed E-state index contributed by atoms with van der Waals surface area (Å²) in [5, 5.41) is 12.1. The second-order valence-corrected chi connectivity index (χ2v) is 9.10. The van der Waals surface area contributed by atoms with Gasteiger partial charge in [0.2, 0.25) is 0 Å². The van der Waals surface area contributed by atoms with Crippen LogP contribution in [-0.2, 0) is 9.59 Å². The number of aliphatic hydroxyl groups is 1. The number of carbonyl (C=O) groups excluding carboxylic acids is 2. The Kier molecular flexibility index (Phi) is 8.35. The molecule has 3 aromatic carbocycles. The predicted molar refractivity (Wildman–Crippen MR) is 149 cm³/mol. The van der Waals surface area contributed by atoms with Crippen LogP contribution in [0.2, 0.25) is 5.02 Å². The number of ether oxygens (including phenoxy) is 4. The Morgan fingerprint density at radius 3 is 2.31 bits per heavy atom. The van der Waals surface area contributed by atoms with E-state index in [2.05, 4.69) is 0 Å². The summed E-state index contributed by atoms with van der Waals surface area (Å²) in [6.45, 7) is 6.19. The lowest BCUT2D eigenvalue weighted by molar-refractivity contribution is -0.132. The molecule has 204 valence electrons. The normalized spacial score (nSPS) is 16.4. The highest BCUT2D eigenvalue weighted by molar-refractivity contribution is 6.52. The minimum absolute atomic E-state index is 0.100. The second kappa shape index (κ2) is 11.7. The van der Waals surface area contributed by atoms with Gasteiger partial charge in [-0.05, 0) is 68.3 Å². The van der Waals surface area contributed by atoms with Crippen LogP contribution in [0, 0.1) is 6.92 Å². The fraction of sp³-hybridized carbons (Fsp3) is 0.267. The predicted octanol–water partition coefficient (Wildman–Crippen LogP) is 6.09. The van der Waals surface area contributed by atoms with Gasteiger partial charge < -0.3 is 24.1 Å². The van der Waals surface area contributed by atoms with Crippen LogP contribution in [0.4, 0.5) is 5.69 Å². The maximum Gasteiger partial charge on any atom is 0.300 e. The molecule has 1 fully saturated rings. The third kappa shape index (κ3) is 5.12. The molecule has 1 atom stereocenters. The van der Waals surface area contributed by atoms with Gasteiger partial charge in [-0.1, -0.05) is 23.7 Å². The van der Waals surface area contributed by atoms with E-state index in [9.17, 15) is 14.7 Å². The van der Waals surface area contributed by atoms with Crippen LogP contribution < -0.4 is 23.8 Å². The number of hydrogen-bond acceptors (Lipinski definition) is 7. The first-order valence-electron chi connectivity index (χ1n) is 12.4. The number of amides is 1. The molecule has 0 aromatic heterocycles. The van der Waals surface area contributed by atoms with Crippen LogP contribution in [0.5, 0.6) is 23.0 Å². The van der Waals surface area contributed by atoms with E-state index < -0.39 is 17.7 Å². The quantitative estimate of drug-likeness (QED) is 0.195. The van der Waals surface area contributed by atoms with Gasteiger partial charge in [-0.3, -0.25) is 14.5 Å². The molecule has 0 aliphatic carbocycles. The zero-order valence-corrected chi connectivity index (χ0v) is 23.2. The number of methoxy groups -OCH3 is 2. The molecule has 1 aliphatic rings. The molecule has 1 heterocycles. The minimum atomic E-state index is -0.997. The molecular weight excluding hydrogens is 522 g/mol. The smallest absolute Gasteiger partial charge is 0.300 e. The highest BCUT2D eigenvalue weighted by Gasteiger charge is 2.48. The van der Waals surface area contributed by atoms with E-state index in [0.29, 0.717) is 58.0 Å². The van der Waals surface area contributed by atoms with E-state index in [1.54, 1.807) is 61.5 Å². The highest BCUT2D eigenvalue weighted by Crippen LogP contribution is 2.46. The molecule has 1 unspecified atom stereocenters. The van der Waals surface area contributed by atoms with Gasteiger partial charge >= 0.3 is 0 Å². The molecule has 1 aliphatic heterocycles. The Labute approximate surface area is 232 Å². The van der Waals surface area contributed by atoms with Crippen LogP contribution in [0.15, 0.2) is 60.2 Å². The van der Waals surface area contributed by atoms with Crippen molar-refractivity contribution in [2.45, 2.75) is 26.8 Å². The lowest BCUT2D eigenvalue weighted by atomic mass is 9.94. The zero-order chi connectivity index (χ0) is 28.3. The largest absolute Gasteiger partial charge is 0.507 e. The lowest BCUT2D eigenvalue weighted by Crippen LogP contribution is -2.30. The Morgan fingerprint density at radius 2 is 1.64 bits per heavy atom. The average molecular weight is 552 g/mol. The molecule has 0 saturated carbocycles. The van der Waals surface area contributed by atoms with E-state index in [1.165, 1.54) is 19.1 Å². The molecule has 0 spiro atoms. The van der Waals surface area contributed by atoms with E-state index in [0.717, 1.165) is 0 Å². The highest BCUT2D eigenvalue weighted by atomic mass is 35.5. The van der Waals surface area contributed by atoms with Crippen LogP contribution in [0.3, 0.4) is 0 Å². The number of halogens is 1. The third-order valence-corrected chi connectivity index (χ3v) is 6.89. The number of ketones is 1. The molecule has 1 amide bonds. The van der Waals surface area contributed by atoms with Crippen LogP contribution in [0.25, 0.3) is 5.76 Å². The van der Waals surface area contributed by atoms with Crippen molar-refractivity contribution in [2.75, 3.05) is 32.3 Å². The van der Waals surface area contributed by atoms with Gasteiger partial charge in [0.15, 0.2) is 11.5 Å². The van der Waals surface area contributed by atoms with Crippen molar-refractivity contribution < 1.29 is 33.6 Å². The van der Waals surface area contributed by atoms with Crippen molar-refractivity contribution in [3.05, 3.63) is 81.9 Å². The molecule has 1 N–H and O–H groups in total. The van der Waals surface area contributed by atoms with Crippen molar-refractivity contribution in [3.63, 3.8) is 0 Å². The summed E-state index contributed by atoms with van der Waals surface area (Å²) in [5.74, 6) is -0.279. The van der Waals surface area contributed by atoms with E-state index >= 15 is 0 Å². The van der Waals surface area contributed by atoms with Crippen molar-refractivity contribution >= 4 is 34.7 Å². The summed E-state index contributed by atoms with van der Waals surface area (Å²) in [4.78, 5) is 28.6. The first-order chi connectivity index (χ1) is 18.8. The first kappa shape index (κ1) is 27.9. The second-order valence-electron chi connectivity index (χ2n) is 8.69. The molecule has 3 aromatic rings. The molecule has 0 bridgehead atoms. The van der Waals surface area contributed by atoms with Crippen LogP contribution in [0.1, 0.15) is 36.6 Å². The Hall–Kier alpha value is -4.17.